The van der Waals surface area contributed by atoms with Gasteiger partial charge in [-0.05, 0) is 30.3 Å². The second kappa shape index (κ2) is 6.01. The molecule has 0 saturated carbocycles. The van der Waals surface area contributed by atoms with Crippen molar-refractivity contribution in [1.29, 1.82) is 0 Å². The molecular weight excluding hydrogens is 345 g/mol. The molecule has 0 aliphatic carbocycles. The van der Waals surface area contributed by atoms with Gasteiger partial charge < -0.3 is 10.3 Å². The Kier molecular flexibility index (Phi) is 4.02. The van der Waals surface area contributed by atoms with Crippen molar-refractivity contribution in [3.05, 3.63) is 64.6 Å². The molecule has 3 rings (SSSR count). The van der Waals surface area contributed by atoms with Crippen LogP contribution in [0.3, 0.4) is 0 Å². The molecule has 0 aliphatic rings. The molecule has 0 atom stereocenters. The molecule has 24 heavy (non-hydrogen) atoms. The number of hydrogen-bond donors (Lipinski definition) is 2. The molecule has 1 heterocycles. The van der Waals surface area contributed by atoms with Gasteiger partial charge in [-0.3, -0.25) is 9.59 Å². The number of nitrogens with one attached hydrogen (secondary N) is 2. The molecular formula is C16H8ClF3N2O2. The van der Waals surface area contributed by atoms with Gasteiger partial charge in [-0.2, -0.15) is 0 Å². The number of aromatic nitrogens is 1. The van der Waals surface area contributed by atoms with Crippen LogP contribution in [0.1, 0.15) is 10.4 Å². The van der Waals surface area contributed by atoms with Crippen LogP contribution in [0.5, 0.6) is 0 Å². The SMILES string of the molecule is O=C(Nc1ccc(F)c(F)c1F)C(=O)c1c[nH]c2ccc(Cl)cc12. The number of H-pyrrole nitrogens is 1. The minimum Gasteiger partial charge on any atom is -0.360 e. The van der Waals surface area contributed by atoms with Crippen molar-refractivity contribution >= 4 is 39.9 Å². The zero-order chi connectivity index (χ0) is 17.4. The fraction of sp³-hybridized carbons (Fsp3) is 0. The van der Waals surface area contributed by atoms with Crippen LogP contribution in [0, 0.1) is 17.5 Å². The lowest BCUT2D eigenvalue weighted by Gasteiger charge is -2.06. The molecule has 3 aromatic rings. The van der Waals surface area contributed by atoms with Crippen LogP contribution in [-0.4, -0.2) is 16.7 Å². The third-order valence-corrected chi connectivity index (χ3v) is 3.61. The molecule has 1 aromatic heterocycles. The highest BCUT2D eigenvalue weighted by atomic mass is 35.5. The highest BCUT2D eigenvalue weighted by Gasteiger charge is 2.22. The number of carbonyl (C=O) groups is 2. The van der Waals surface area contributed by atoms with Gasteiger partial charge >= 0.3 is 0 Å². The zero-order valence-electron chi connectivity index (χ0n) is 11.8. The van der Waals surface area contributed by atoms with E-state index in [0.29, 0.717) is 22.0 Å². The maximum atomic E-state index is 13.6. The Morgan fingerprint density at radius 2 is 1.79 bits per heavy atom. The molecule has 8 heteroatoms. The number of amides is 1. The number of aromatic amines is 1. The van der Waals surface area contributed by atoms with Crippen LogP contribution >= 0.6 is 11.6 Å². The molecule has 1 amide bonds. The largest absolute Gasteiger partial charge is 0.360 e. The Bertz CT molecular complexity index is 985. The highest BCUT2D eigenvalue weighted by molar-refractivity contribution is 6.48. The van der Waals surface area contributed by atoms with Gasteiger partial charge in [-0.15, -0.1) is 0 Å². The predicted octanol–water partition coefficient (Wildman–Crippen LogP) is 4.06. The Balaban J connectivity index is 1.91. The average molecular weight is 353 g/mol. The first-order valence-corrected chi connectivity index (χ1v) is 7.02. The van der Waals surface area contributed by atoms with E-state index < -0.39 is 34.8 Å². The number of fused-ring (bicyclic) bond motifs is 1. The molecule has 4 nitrogen and oxygen atoms in total. The van der Waals surface area contributed by atoms with Gasteiger partial charge in [0.1, 0.15) is 0 Å². The van der Waals surface area contributed by atoms with Crippen molar-refractivity contribution in [3.8, 4) is 0 Å². The second-order valence-electron chi connectivity index (χ2n) is 4.90. The lowest BCUT2D eigenvalue weighted by atomic mass is 10.1. The Hall–Kier alpha value is -2.80. The number of benzene rings is 2. The first-order valence-electron chi connectivity index (χ1n) is 6.64. The third-order valence-electron chi connectivity index (χ3n) is 3.38. The Morgan fingerprint density at radius 1 is 1.04 bits per heavy atom. The van der Waals surface area contributed by atoms with Crippen LogP contribution in [-0.2, 0) is 4.79 Å². The first kappa shape index (κ1) is 16.1. The summed E-state index contributed by atoms with van der Waals surface area (Å²) in [6, 6.07) is 6.19. The van der Waals surface area contributed by atoms with E-state index in [-0.39, 0.29) is 5.56 Å². The fourth-order valence-corrected chi connectivity index (χ4v) is 2.38. The lowest BCUT2D eigenvalue weighted by molar-refractivity contribution is -0.112. The van der Waals surface area contributed by atoms with E-state index in [2.05, 4.69) is 4.98 Å². The second-order valence-corrected chi connectivity index (χ2v) is 5.33. The van der Waals surface area contributed by atoms with E-state index in [1.165, 1.54) is 12.3 Å². The normalized spacial score (nSPS) is 10.8. The molecule has 0 aliphatic heterocycles. The average Bonchev–Trinajstić information content (AvgIpc) is 2.97. The van der Waals surface area contributed by atoms with E-state index in [4.69, 9.17) is 11.6 Å². The van der Waals surface area contributed by atoms with E-state index >= 15 is 0 Å². The van der Waals surface area contributed by atoms with Crippen LogP contribution in [0.25, 0.3) is 10.9 Å². The summed E-state index contributed by atoms with van der Waals surface area (Å²) < 4.78 is 39.6. The number of rotatable bonds is 3. The van der Waals surface area contributed by atoms with Gasteiger partial charge in [0, 0.05) is 22.1 Å². The summed E-state index contributed by atoms with van der Waals surface area (Å²) in [5.74, 6) is -6.89. The van der Waals surface area contributed by atoms with Gasteiger partial charge in [0.15, 0.2) is 17.5 Å². The lowest BCUT2D eigenvalue weighted by Crippen LogP contribution is -2.23. The van der Waals surface area contributed by atoms with Crippen molar-refractivity contribution in [2.24, 2.45) is 0 Å². The molecule has 0 saturated heterocycles. The minimum atomic E-state index is -1.74. The first-order chi connectivity index (χ1) is 11.4. The molecule has 122 valence electrons. The summed E-state index contributed by atoms with van der Waals surface area (Å²) in [4.78, 5) is 27.0. The third kappa shape index (κ3) is 2.74. The van der Waals surface area contributed by atoms with E-state index in [1.54, 1.807) is 12.1 Å². The number of hydrogen-bond acceptors (Lipinski definition) is 2. The molecule has 0 spiro atoms. The zero-order valence-corrected chi connectivity index (χ0v) is 12.5. The summed E-state index contributed by atoms with van der Waals surface area (Å²) in [6.07, 6.45) is 1.31. The monoisotopic (exact) mass is 352 g/mol. The maximum absolute atomic E-state index is 13.6. The smallest absolute Gasteiger partial charge is 0.296 e. The molecule has 0 fully saturated rings. The summed E-state index contributed by atoms with van der Waals surface area (Å²) in [5, 5.41) is 2.70. The van der Waals surface area contributed by atoms with Gasteiger partial charge in [0.25, 0.3) is 11.7 Å². The van der Waals surface area contributed by atoms with Crippen molar-refractivity contribution in [2.45, 2.75) is 0 Å². The molecule has 2 aromatic carbocycles. The highest BCUT2D eigenvalue weighted by Crippen LogP contribution is 2.24. The number of Topliss-reactive ketones (excluding diaryl/α,β-unsaturated/α-hetero) is 1. The summed E-state index contributed by atoms with van der Waals surface area (Å²) in [5.41, 5.74) is -0.0346. The molecule has 0 unspecified atom stereocenters. The van der Waals surface area contributed by atoms with Crippen LogP contribution in [0.4, 0.5) is 18.9 Å². The number of carbonyl (C=O) groups excluding carboxylic acids is 2. The van der Waals surface area contributed by atoms with Gasteiger partial charge in [-0.25, -0.2) is 13.2 Å². The summed E-state index contributed by atoms with van der Waals surface area (Å²) in [6.45, 7) is 0. The quantitative estimate of drug-likeness (QED) is 0.424. The number of ketones is 1. The van der Waals surface area contributed by atoms with Gasteiger partial charge in [-0.1, -0.05) is 11.6 Å². The van der Waals surface area contributed by atoms with Crippen molar-refractivity contribution in [2.75, 3.05) is 5.32 Å². The van der Waals surface area contributed by atoms with Crippen LogP contribution in [0.2, 0.25) is 5.02 Å². The Labute approximate surface area is 138 Å². The molecule has 0 bridgehead atoms. The van der Waals surface area contributed by atoms with E-state index in [1.807, 2.05) is 5.32 Å². The Morgan fingerprint density at radius 3 is 2.54 bits per heavy atom. The predicted molar refractivity (Wildman–Crippen MR) is 82.6 cm³/mol. The minimum absolute atomic E-state index is 0.0213. The van der Waals surface area contributed by atoms with Gasteiger partial charge in [0.05, 0.1) is 11.3 Å². The number of halogens is 4. The van der Waals surface area contributed by atoms with Crippen LogP contribution in [0.15, 0.2) is 36.5 Å². The summed E-state index contributed by atoms with van der Waals surface area (Å²) >= 11 is 5.86. The molecule has 0 radical (unpaired) electrons. The van der Waals surface area contributed by atoms with Gasteiger partial charge in [0.2, 0.25) is 0 Å². The maximum Gasteiger partial charge on any atom is 0.296 e. The molecule has 2 N–H and O–H groups in total. The van der Waals surface area contributed by atoms with E-state index in [9.17, 15) is 22.8 Å². The standard InChI is InChI=1S/C16H8ClF3N2O2/c17-7-1-3-11-8(5-7)9(6-21-11)15(23)16(24)22-12-4-2-10(18)13(19)14(12)20/h1-6,21H,(H,22,24). The van der Waals surface area contributed by atoms with Crippen molar-refractivity contribution in [3.63, 3.8) is 0 Å². The van der Waals surface area contributed by atoms with Crippen molar-refractivity contribution in [1.82, 2.24) is 4.98 Å². The van der Waals surface area contributed by atoms with Crippen LogP contribution < -0.4 is 5.32 Å². The fourth-order valence-electron chi connectivity index (χ4n) is 2.20. The van der Waals surface area contributed by atoms with Crippen molar-refractivity contribution < 1.29 is 22.8 Å². The summed E-state index contributed by atoms with van der Waals surface area (Å²) in [7, 11) is 0. The number of anilines is 1. The topological polar surface area (TPSA) is 62.0 Å². The van der Waals surface area contributed by atoms with E-state index in [0.717, 1.165) is 6.07 Å².